The predicted molar refractivity (Wildman–Crippen MR) is 71.4 cm³/mol. The molecule has 1 unspecified atom stereocenters. The summed E-state index contributed by atoms with van der Waals surface area (Å²) in [6.45, 7) is 0.926. The van der Waals surface area contributed by atoms with Gasteiger partial charge in [0.15, 0.2) is 0 Å². The third-order valence-electron chi connectivity index (χ3n) is 3.32. The molecule has 1 aliphatic rings. The molecule has 2 N–H and O–H groups in total. The smallest absolute Gasteiger partial charge is 0.241 e. The van der Waals surface area contributed by atoms with Gasteiger partial charge < -0.3 is 10.6 Å². The van der Waals surface area contributed by atoms with Gasteiger partial charge in [-0.25, -0.2) is 0 Å². The Bertz CT molecular complexity index is 571. The molecular formula is C14H15N3O. The molecule has 1 aliphatic heterocycles. The second-order valence-electron chi connectivity index (χ2n) is 4.54. The van der Waals surface area contributed by atoms with Gasteiger partial charge in [-0.05, 0) is 36.9 Å². The van der Waals surface area contributed by atoms with Crippen molar-refractivity contribution in [1.29, 1.82) is 0 Å². The van der Waals surface area contributed by atoms with Crippen LogP contribution in [0, 0.1) is 0 Å². The monoisotopic (exact) mass is 241 g/mol. The lowest BCUT2D eigenvalue weighted by molar-refractivity contribution is -0.117. The van der Waals surface area contributed by atoms with Crippen LogP contribution in [0.2, 0.25) is 0 Å². The van der Waals surface area contributed by atoms with E-state index in [0.29, 0.717) is 0 Å². The lowest BCUT2D eigenvalue weighted by Gasteiger charge is -2.12. The van der Waals surface area contributed by atoms with Crippen LogP contribution in [0.1, 0.15) is 12.8 Å². The van der Waals surface area contributed by atoms with Gasteiger partial charge in [0.25, 0.3) is 0 Å². The fraction of sp³-hybridized carbons (Fsp3) is 0.286. The zero-order valence-electron chi connectivity index (χ0n) is 10.0. The Balaban J connectivity index is 1.88. The molecule has 0 spiro atoms. The molecule has 1 fully saturated rings. The highest BCUT2D eigenvalue weighted by Gasteiger charge is 2.22. The maximum Gasteiger partial charge on any atom is 0.241 e. The van der Waals surface area contributed by atoms with Gasteiger partial charge in [-0.2, -0.15) is 0 Å². The summed E-state index contributed by atoms with van der Waals surface area (Å²) in [5.41, 5.74) is 0.833. The molecule has 4 heteroatoms. The van der Waals surface area contributed by atoms with Crippen molar-refractivity contribution in [2.24, 2.45) is 0 Å². The third kappa shape index (κ3) is 2.07. The molecular weight excluding hydrogens is 226 g/mol. The van der Waals surface area contributed by atoms with E-state index in [1.54, 1.807) is 12.4 Å². The highest BCUT2D eigenvalue weighted by atomic mass is 16.2. The van der Waals surface area contributed by atoms with Crippen LogP contribution in [-0.2, 0) is 4.79 Å². The van der Waals surface area contributed by atoms with Crippen molar-refractivity contribution < 1.29 is 4.79 Å². The van der Waals surface area contributed by atoms with Gasteiger partial charge in [-0.15, -0.1) is 0 Å². The summed E-state index contributed by atoms with van der Waals surface area (Å²) in [7, 11) is 0. The minimum Gasteiger partial charge on any atom is -0.324 e. The summed E-state index contributed by atoms with van der Waals surface area (Å²) in [4.78, 5) is 16.2. The number of anilines is 1. The summed E-state index contributed by atoms with van der Waals surface area (Å²) in [6.07, 6.45) is 5.52. The van der Waals surface area contributed by atoms with E-state index >= 15 is 0 Å². The molecule has 1 saturated heterocycles. The number of carbonyl (C=O) groups excluding carboxylic acids is 1. The topological polar surface area (TPSA) is 54.0 Å². The summed E-state index contributed by atoms with van der Waals surface area (Å²) < 4.78 is 0. The van der Waals surface area contributed by atoms with Crippen LogP contribution in [0.15, 0.2) is 36.7 Å². The van der Waals surface area contributed by atoms with Gasteiger partial charge in [0.1, 0.15) is 0 Å². The fourth-order valence-electron chi connectivity index (χ4n) is 2.35. The second kappa shape index (κ2) is 4.74. The number of hydrogen-bond donors (Lipinski definition) is 2. The number of nitrogens with one attached hydrogen (secondary N) is 2. The van der Waals surface area contributed by atoms with Crippen LogP contribution in [0.5, 0.6) is 0 Å². The normalized spacial score (nSPS) is 19.0. The second-order valence-corrected chi connectivity index (χ2v) is 4.54. The molecule has 2 heterocycles. The minimum atomic E-state index is -0.0584. The van der Waals surface area contributed by atoms with Crippen molar-refractivity contribution in [2.75, 3.05) is 11.9 Å². The molecule has 1 atom stereocenters. The number of benzene rings is 1. The van der Waals surface area contributed by atoms with Crippen LogP contribution in [-0.4, -0.2) is 23.5 Å². The zero-order chi connectivity index (χ0) is 12.4. The third-order valence-corrected chi connectivity index (χ3v) is 3.32. The predicted octanol–water partition coefficient (Wildman–Crippen LogP) is 1.93. The van der Waals surface area contributed by atoms with E-state index in [1.807, 2.05) is 24.3 Å². The molecule has 18 heavy (non-hydrogen) atoms. The lowest BCUT2D eigenvalue weighted by Crippen LogP contribution is -2.35. The molecule has 0 saturated carbocycles. The van der Waals surface area contributed by atoms with E-state index in [4.69, 9.17) is 0 Å². The van der Waals surface area contributed by atoms with E-state index in [0.717, 1.165) is 35.8 Å². The number of hydrogen-bond acceptors (Lipinski definition) is 3. The van der Waals surface area contributed by atoms with Crippen molar-refractivity contribution >= 4 is 22.4 Å². The van der Waals surface area contributed by atoms with E-state index in [2.05, 4.69) is 15.6 Å². The molecule has 1 aromatic carbocycles. The van der Waals surface area contributed by atoms with Gasteiger partial charge in [0.05, 0.1) is 11.7 Å². The Hall–Kier alpha value is -1.94. The molecule has 2 aromatic rings. The molecule has 0 bridgehead atoms. The van der Waals surface area contributed by atoms with Gasteiger partial charge in [0, 0.05) is 17.8 Å². The number of carbonyl (C=O) groups is 1. The van der Waals surface area contributed by atoms with E-state index in [9.17, 15) is 4.79 Å². The average Bonchev–Trinajstić information content (AvgIpc) is 2.93. The first-order valence-corrected chi connectivity index (χ1v) is 6.21. The number of amides is 1. The van der Waals surface area contributed by atoms with Gasteiger partial charge in [0.2, 0.25) is 5.91 Å². The van der Waals surface area contributed by atoms with Crippen LogP contribution in [0.25, 0.3) is 10.8 Å². The van der Waals surface area contributed by atoms with E-state index in [-0.39, 0.29) is 11.9 Å². The largest absolute Gasteiger partial charge is 0.324 e. The fourth-order valence-corrected chi connectivity index (χ4v) is 2.35. The van der Waals surface area contributed by atoms with Crippen LogP contribution >= 0.6 is 0 Å². The SMILES string of the molecule is O=C(Nc1cccc2ccncc12)C1CCCN1. The molecule has 3 rings (SSSR count). The summed E-state index contributed by atoms with van der Waals surface area (Å²) >= 11 is 0. The zero-order valence-corrected chi connectivity index (χ0v) is 10.0. The van der Waals surface area contributed by atoms with Crippen molar-refractivity contribution in [3.8, 4) is 0 Å². The Labute approximate surface area is 105 Å². The van der Waals surface area contributed by atoms with Crippen molar-refractivity contribution in [3.05, 3.63) is 36.7 Å². The molecule has 0 aliphatic carbocycles. The molecule has 1 amide bonds. The van der Waals surface area contributed by atoms with Crippen LogP contribution < -0.4 is 10.6 Å². The number of fused-ring (bicyclic) bond motifs is 1. The molecule has 92 valence electrons. The van der Waals surface area contributed by atoms with E-state index < -0.39 is 0 Å². The summed E-state index contributed by atoms with van der Waals surface area (Å²) in [5.74, 6) is 0.0452. The van der Waals surface area contributed by atoms with Crippen molar-refractivity contribution in [2.45, 2.75) is 18.9 Å². The maximum absolute atomic E-state index is 12.1. The first kappa shape index (κ1) is 11.2. The van der Waals surface area contributed by atoms with E-state index in [1.165, 1.54) is 0 Å². The quantitative estimate of drug-likeness (QED) is 0.844. The first-order valence-electron chi connectivity index (χ1n) is 6.21. The Morgan fingerprint density at radius 3 is 3.17 bits per heavy atom. The molecule has 0 radical (unpaired) electrons. The molecule has 4 nitrogen and oxygen atoms in total. The van der Waals surface area contributed by atoms with Gasteiger partial charge >= 0.3 is 0 Å². The molecule has 1 aromatic heterocycles. The lowest BCUT2D eigenvalue weighted by atomic mass is 10.1. The van der Waals surface area contributed by atoms with Gasteiger partial charge in [-0.3, -0.25) is 9.78 Å². The maximum atomic E-state index is 12.1. The summed E-state index contributed by atoms with van der Waals surface area (Å²) in [6, 6.07) is 7.76. The highest BCUT2D eigenvalue weighted by molar-refractivity contribution is 6.03. The number of rotatable bonds is 2. The minimum absolute atomic E-state index is 0.0452. The van der Waals surface area contributed by atoms with Gasteiger partial charge in [-0.1, -0.05) is 12.1 Å². The number of pyridine rings is 1. The average molecular weight is 241 g/mol. The standard InChI is InChI=1S/C14H15N3O/c18-14(13-5-2-7-16-13)17-12-4-1-3-10-6-8-15-9-11(10)12/h1,3-4,6,8-9,13,16H,2,5,7H2,(H,17,18). The number of nitrogens with zero attached hydrogens (tertiary/aromatic N) is 1. The Morgan fingerprint density at radius 1 is 1.39 bits per heavy atom. The Kier molecular flexibility index (Phi) is 2.94. The first-order chi connectivity index (χ1) is 8.84. The summed E-state index contributed by atoms with van der Waals surface area (Å²) in [5, 5.41) is 8.25. The van der Waals surface area contributed by atoms with Crippen molar-refractivity contribution in [1.82, 2.24) is 10.3 Å². The number of aromatic nitrogens is 1. The van der Waals surface area contributed by atoms with Crippen LogP contribution in [0.4, 0.5) is 5.69 Å². The Morgan fingerprint density at radius 2 is 2.33 bits per heavy atom. The highest BCUT2D eigenvalue weighted by Crippen LogP contribution is 2.22. The van der Waals surface area contributed by atoms with Crippen molar-refractivity contribution in [3.63, 3.8) is 0 Å². The van der Waals surface area contributed by atoms with Crippen LogP contribution in [0.3, 0.4) is 0 Å².